The van der Waals surface area contributed by atoms with Gasteiger partial charge in [0.2, 0.25) is 5.91 Å². The van der Waals surface area contributed by atoms with Crippen LogP contribution in [0.2, 0.25) is 0 Å². The fraction of sp³-hybridized carbons (Fsp3) is 0.625. The zero-order valence-electron chi connectivity index (χ0n) is 14.6. The maximum Gasteiger partial charge on any atom is 0.330 e. The van der Waals surface area contributed by atoms with Crippen molar-refractivity contribution in [1.29, 1.82) is 0 Å². The molecule has 4 atom stereocenters. The van der Waals surface area contributed by atoms with Crippen molar-refractivity contribution in [2.75, 3.05) is 19.5 Å². The van der Waals surface area contributed by atoms with Crippen molar-refractivity contribution in [3.8, 4) is 0 Å². The van der Waals surface area contributed by atoms with Crippen molar-refractivity contribution < 1.29 is 29.3 Å². The second kappa shape index (κ2) is 12.8. The molecule has 144 valence electrons. The van der Waals surface area contributed by atoms with Gasteiger partial charge in [0.25, 0.3) is 0 Å². The van der Waals surface area contributed by atoms with Gasteiger partial charge < -0.3 is 30.7 Å². The lowest BCUT2D eigenvalue weighted by Crippen LogP contribution is -2.45. The average molecular weight is 376 g/mol. The van der Waals surface area contributed by atoms with Crippen LogP contribution in [0.4, 0.5) is 0 Å². The minimum atomic E-state index is -1.15. The van der Waals surface area contributed by atoms with Gasteiger partial charge in [0.05, 0.1) is 32.3 Å². The Morgan fingerprint density at radius 3 is 2.56 bits per heavy atom. The van der Waals surface area contributed by atoms with Gasteiger partial charge in [0, 0.05) is 0 Å². The van der Waals surface area contributed by atoms with Crippen LogP contribution in [-0.4, -0.2) is 65.9 Å². The number of thiol groups is 1. The van der Waals surface area contributed by atoms with Crippen LogP contribution in [0.1, 0.15) is 19.8 Å². The molecule has 0 radical (unpaired) electrons. The van der Waals surface area contributed by atoms with E-state index in [1.165, 1.54) is 6.92 Å². The summed E-state index contributed by atoms with van der Waals surface area (Å²) in [7, 11) is 1.16. The van der Waals surface area contributed by atoms with Crippen molar-refractivity contribution in [1.82, 2.24) is 5.32 Å². The minimum Gasteiger partial charge on any atom is -0.489 e. The normalized spacial score (nSPS) is 15.9. The number of hydrogen-bond acceptors (Lipinski definition) is 8. The highest BCUT2D eigenvalue weighted by atomic mass is 32.1. The first kappa shape index (κ1) is 23.4. The molecular formula is C16H28N2O6S. The van der Waals surface area contributed by atoms with E-state index in [1.807, 2.05) is 0 Å². The third-order valence-electron chi connectivity index (χ3n) is 3.23. The van der Waals surface area contributed by atoms with Gasteiger partial charge in [-0.3, -0.25) is 4.79 Å². The van der Waals surface area contributed by atoms with Gasteiger partial charge in [0.15, 0.2) is 6.04 Å². The number of allylic oxidation sites excluding steroid dienone is 1. The number of methoxy groups -OCH3 is 1. The Bertz CT molecular complexity index is 470. The highest BCUT2D eigenvalue weighted by Gasteiger charge is 2.23. The topological polar surface area (TPSA) is 131 Å². The first-order chi connectivity index (χ1) is 11.8. The lowest BCUT2D eigenvalue weighted by Gasteiger charge is -2.23. The standard InChI is InChI=1S/C16H28N2O6S/c1-10(20)15(17)11(2)24-12(6-4-5-7-25)8-14(21)18-13(9-19)16(22)23-3/h4,6,10,12-13,15,19-20,25H,2,5,7-9,17H2,1,3H3,(H,18,21)/b6-4+/t10?,12?,13-,15?/m1/s1. The van der Waals surface area contributed by atoms with E-state index in [9.17, 15) is 14.7 Å². The van der Waals surface area contributed by atoms with E-state index in [4.69, 9.17) is 15.6 Å². The second-order valence-electron chi connectivity index (χ2n) is 5.36. The van der Waals surface area contributed by atoms with Crippen LogP contribution < -0.4 is 11.1 Å². The first-order valence-electron chi connectivity index (χ1n) is 7.81. The lowest BCUT2D eigenvalue weighted by atomic mass is 10.1. The van der Waals surface area contributed by atoms with Crippen molar-refractivity contribution in [2.24, 2.45) is 5.73 Å². The molecule has 5 N–H and O–H groups in total. The number of hydrogen-bond donors (Lipinski definition) is 5. The Morgan fingerprint density at radius 2 is 2.08 bits per heavy atom. The number of esters is 1. The molecule has 3 unspecified atom stereocenters. The van der Waals surface area contributed by atoms with Crippen LogP contribution in [0.5, 0.6) is 0 Å². The monoisotopic (exact) mass is 376 g/mol. The van der Waals surface area contributed by atoms with E-state index in [0.717, 1.165) is 7.11 Å². The zero-order valence-corrected chi connectivity index (χ0v) is 15.4. The van der Waals surface area contributed by atoms with E-state index in [2.05, 4.69) is 29.3 Å². The molecule has 0 saturated carbocycles. The summed E-state index contributed by atoms with van der Waals surface area (Å²) in [6.07, 6.45) is 2.41. The van der Waals surface area contributed by atoms with Crippen molar-refractivity contribution in [2.45, 2.75) is 44.1 Å². The zero-order chi connectivity index (χ0) is 19.4. The third kappa shape index (κ3) is 9.49. The first-order valence-corrected chi connectivity index (χ1v) is 8.44. The predicted octanol–water partition coefficient (Wildman–Crippen LogP) is -0.490. The summed E-state index contributed by atoms with van der Waals surface area (Å²) in [5, 5.41) is 21.0. The largest absolute Gasteiger partial charge is 0.489 e. The molecule has 0 aromatic rings. The molecule has 0 aliphatic carbocycles. The van der Waals surface area contributed by atoms with Crippen molar-refractivity contribution in [3.05, 3.63) is 24.5 Å². The number of amides is 1. The van der Waals surface area contributed by atoms with Gasteiger partial charge in [-0.1, -0.05) is 12.7 Å². The molecule has 0 aliphatic heterocycles. The van der Waals surface area contributed by atoms with Crippen molar-refractivity contribution in [3.63, 3.8) is 0 Å². The number of carbonyl (C=O) groups is 2. The maximum atomic E-state index is 12.1. The fourth-order valence-electron chi connectivity index (χ4n) is 1.77. The number of aliphatic hydroxyl groups excluding tert-OH is 2. The maximum absolute atomic E-state index is 12.1. The molecule has 0 rings (SSSR count). The number of aliphatic hydroxyl groups is 2. The van der Waals surface area contributed by atoms with Gasteiger partial charge in [-0.05, 0) is 25.2 Å². The van der Waals surface area contributed by atoms with E-state index in [0.29, 0.717) is 12.2 Å². The Kier molecular flexibility index (Phi) is 12.0. The van der Waals surface area contributed by atoms with E-state index in [-0.39, 0.29) is 12.2 Å². The van der Waals surface area contributed by atoms with Crippen LogP contribution in [0.3, 0.4) is 0 Å². The second-order valence-corrected chi connectivity index (χ2v) is 5.81. The van der Waals surface area contributed by atoms with Gasteiger partial charge in [-0.25, -0.2) is 4.79 Å². The summed E-state index contributed by atoms with van der Waals surface area (Å²) in [5.41, 5.74) is 5.75. The summed E-state index contributed by atoms with van der Waals surface area (Å²) < 4.78 is 10.0. The summed E-state index contributed by atoms with van der Waals surface area (Å²) >= 11 is 4.09. The van der Waals surface area contributed by atoms with Crippen LogP contribution in [0.15, 0.2) is 24.5 Å². The molecule has 9 heteroatoms. The molecule has 0 aromatic carbocycles. The number of ether oxygens (including phenoxy) is 2. The van der Waals surface area contributed by atoms with Crippen LogP contribution in [-0.2, 0) is 19.1 Å². The SMILES string of the molecule is C=C(OC(/C=C/CCS)CC(=O)N[C@H](CO)C(=O)OC)C(N)C(C)O. The van der Waals surface area contributed by atoms with E-state index >= 15 is 0 Å². The molecule has 0 heterocycles. The predicted molar refractivity (Wildman–Crippen MR) is 96.9 cm³/mol. The van der Waals surface area contributed by atoms with E-state index < -0.39 is 42.8 Å². The molecule has 0 spiro atoms. The number of rotatable bonds is 12. The highest BCUT2D eigenvalue weighted by molar-refractivity contribution is 7.80. The minimum absolute atomic E-state index is 0.134. The molecule has 8 nitrogen and oxygen atoms in total. The molecular weight excluding hydrogens is 348 g/mol. The van der Waals surface area contributed by atoms with Gasteiger partial charge in [-0.15, -0.1) is 0 Å². The molecule has 25 heavy (non-hydrogen) atoms. The third-order valence-corrected chi connectivity index (χ3v) is 3.49. The quantitative estimate of drug-likeness (QED) is 0.134. The van der Waals surface area contributed by atoms with Gasteiger partial charge >= 0.3 is 5.97 Å². The lowest BCUT2D eigenvalue weighted by molar-refractivity contribution is -0.146. The molecule has 0 saturated heterocycles. The smallest absolute Gasteiger partial charge is 0.330 e. The molecule has 0 fully saturated rings. The van der Waals surface area contributed by atoms with Gasteiger partial charge in [-0.2, -0.15) is 12.6 Å². The fourth-order valence-corrected chi connectivity index (χ4v) is 1.92. The molecule has 0 aliphatic rings. The summed E-state index contributed by atoms with van der Waals surface area (Å²) in [5.74, 6) is -0.517. The molecule has 0 bridgehead atoms. The number of carbonyl (C=O) groups excluding carboxylic acids is 2. The summed E-state index contributed by atoms with van der Waals surface area (Å²) in [6, 6.07) is -1.95. The van der Waals surface area contributed by atoms with Crippen LogP contribution in [0, 0.1) is 0 Å². The molecule has 0 aromatic heterocycles. The Labute approximate surface area is 153 Å². The Hall–Kier alpha value is -1.55. The molecule has 1 amide bonds. The highest BCUT2D eigenvalue weighted by Crippen LogP contribution is 2.12. The Balaban J connectivity index is 4.89. The average Bonchev–Trinajstić information content (AvgIpc) is 2.57. The van der Waals surface area contributed by atoms with Crippen LogP contribution >= 0.6 is 12.6 Å². The summed E-state index contributed by atoms with van der Waals surface area (Å²) in [6.45, 7) is 4.58. The van der Waals surface area contributed by atoms with Crippen LogP contribution in [0.25, 0.3) is 0 Å². The number of nitrogens with two attached hydrogens (primary N) is 1. The summed E-state index contributed by atoms with van der Waals surface area (Å²) in [4.78, 5) is 23.5. The van der Waals surface area contributed by atoms with Gasteiger partial charge in [0.1, 0.15) is 11.9 Å². The Morgan fingerprint density at radius 1 is 1.44 bits per heavy atom. The van der Waals surface area contributed by atoms with E-state index in [1.54, 1.807) is 12.2 Å². The number of nitrogens with one attached hydrogen (secondary N) is 1. The van der Waals surface area contributed by atoms with Crippen molar-refractivity contribution >= 4 is 24.5 Å².